The second-order valence-electron chi connectivity index (χ2n) is 10.7. The van der Waals surface area contributed by atoms with Crippen molar-refractivity contribution in [3.05, 3.63) is 64.7 Å². The summed E-state index contributed by atoms with van der Waals surface area (Å²) >= 11 is 0. The van der Waals surface area contributed by atoms with Crippen LogP contribution in [0.3, 0.4) is 0 Å². The van der Waals surface area contributed by atoms with Gasteiger partial charge in [-0.25, -0.2) is 8.78 Å². The fourth-order valence-corrected chi connectivity index (χ4v) is 5.84. The summed E-state index contributed by atoms with van der Waals surface area (Å²) in [6.07, 6.45) is 1.83. The van der Waals surface area contributed by atoms with Crippen molar-refractivity contribution >= 4 is 30.5 Å². The number of nitrogen functional groups attached to an aromatic ring is 1. The van der Waals surface area contributed by atoms with Gasteiger partial charge in [-0.05, 0) is 60.0 Å². The number of fused-ring (bicyclic) bond motifs is 4. The van der Waals surface area contributed by atoms with E-state index in [-0.39, 0.29) is 59.8 Å². The Morgan fingerprint density at radius 1 is 1.06 bits per heavy atom. The number of hydrogen-bond donors (Lipinski definition) is 1. The minimum Gasteiger partial charge on any atom is -0.398 e. The third kappa shape index (κ3) is 4.82. The van der Waals surface area contributed by atoms with Gasteiger partial charge < -0.3 is 10.5 Å². The zero-order chi connectivity index (χ0) is 23.3. The number of benzene rings is 2. The maximum Gasteiger partial charge on any atom is 0.131 e. The number of nitrogens with two attached hydrogens (primary N) is 1. The molecule has 2 N–H and O–H groups in total. The van der Waals surface area contributed by atoms with Crippen LogP contribution in [0.15, 0.2) is 36.4 Å². The molecule has 0 radical (unpaired) electrons. The average molecular weight is 516 g/mol. The molecule has 3 nitrogen and oxygen atoms in total. The van der Waals surface area contributed by atoms with Crippen molar-refractivity contribution in [2.75, 3.05) is 18.8 Å². The summed E-state index contributed by atoms with van der Waals surface area (Å²) in [5.41, 5.74) is 10.1. The Labute approximate surface area is 215 Å². The third-order valence-electron chi connectivity index (χ3n) is 8.46. The summed E-state index contributed by atoms with van der Waals surface area (Å²) in [5.74, 6) is -0.884. The van der Waals surface area contributed by atoms with E-state index in [0.717, 1.165) is 31.6 Å². The summed E-state index contributed by atoms with van der Waals surface area (Å²) in [4.78, 5) is 2.53. The average Bonchev–Trinajstić information content (AvgIpc) is 2.71. The van der Waals surface area contributed by atoms with Gasteiger partial charge in [0.25, 0.3) is 0 Å². The second-order valence-corrected chi connectivity index (χ2v) is 10.7. The van der Waals surface area contributed by atoms with Crippen LogP contribution in [0.25, 0.3) is 0 Å². The van der Waals surface area contributed by atoms with Crippen LogP contribution in [0.4, 0.5) is 14.5 Å². The lowest BCUT2D eigenvalue weighted by Gasteiger charge is -2.61. The highest BCUT2D eigenvalue weighted by Gasteiger charge is 2.56. The maximum absolute atomic E-state index is 14.1. The number of nitrogens with zero attached hydrogens (tertiary/aromatic N) is 1. The molecule has 3 atom stereocenters. The first kappa shape index (κ1) is 28.8. The molecule has 2 bridgehead atoms. The van der Waals surface area contributed by atoms with Gasteiger partial charge in [-0.1, -0.05) is 52.8 Å². The Kier molecular flexibility index (Phi) is 9.07. The Bertz CT molecular complexity index is 980. The molecule has 0 saturated carbocycles. The Balaban J connectivity index is 0.00000204. The molecule has 4 rings (SSSR count). The minimum absolute atomic E-state index is 0. The summed E-state index contributed by atoms with van der Waals surface area (Å²) < 4.78 is 34.3. The molecule has 0 amide bonds. The van der Waals surface area contributed by atoms with Gasteiger partial charge in [0.05, 0.1) is 12.7 Å². The number of anilines is 1. The molecule has 1 aliphatic carbocycles. The molecule has 1 heterocycles. The molecule has 2 aromatic rings. The fourth-order valence-electron chi connectivity index (χ4n) is 5.84. The molecule has 2 aromatic carbocycles. The summed E-state index contributed by atoms with van der Waals surface area (Å²) in [6, 6.07) is 10.6. The Morgan fingerprint density at radius 2 is 1.68 bits per heavy atom. The summed E-state index contributed by atoms with van der Waals surface area (Å²) in [5, 5.41) is 0. The van der Waals surface area contributed by atoms with E-state index in [2.05, 4.69) is 51.7 Å². The van der Waals surface area contributed by atoms with Gasteiger partial charge in [-0.3, -0.25) is 4.90 Å². The number of likely N-dealkylation sites (tertiary alicyclic amines) is 1. The lowest BCUT2D eigenvalue weighted by Crippen LogP contribution is -2.64. The standard InChI is InChI=1S/C27H36F2N2O.2ClH/c1-17(2)24(32-16-19-21(28)9-7-10-22(19)29)15-31-13-12-27(5)20-8-6-11-23(30)18(20)14-25(31)26(27,3)4;;/h6-11,17,24-25H,12-16,30H2,1-5H3;2*1H. The van der Waals surface area contributed by atoms with E-state index in [1.807, 2.05) is 6.07 Å². The van der Waals surface area contributed by atoms with E-state index in [1.54, 1.807) is 0 Å². The van der Waals surface area contributed by atoms with Crippen LogP contribution in [0.5, 0.6) is 0 Å². The van der Waals surface area contributed by atoms with Gasteiger partial charge in [0.1, 0.15) is 11.6 Å². The van der Waals surface area contributed by atoms with Gasteiger partial charge in [-0.15, -0.1) is 24.8 Å². The van der Waals surface area contributed by atoms with Crippen LogP contribution in [-0.4, -0.2) is 30.1 Å². The van der Waals surface area contributed by atoms with Crippen molar-refractivity contribution < 1.29 is 13.5 Å². The first-order chi connectivity index (χ1) is 15.1. The summed E-state index contributed by atoms with van der Waals surface area (Å²) in [7, 11) is 0. The minimum atomic E-state index is -0.554. The molecule has 3 unspecified atom stereocenters. The van der Waals surface area contributed by atoms with E-state index < -0.39 is 11.6 Å². The number of ether oxygens (including phenoxy) is 1. The highest BCUT2D eigenvalue weighted by molar-refractivity contribution is 5.85. The molecule has 1 aliphatic heterocycles. The quantitative estimate of drug-likeness (QED) is 0.444. The molecule has 7 heteroatoms. The van der Waals surface area contributed by atoms with Crippen molar-refractivity contribution in [1.82, 2.24) is 4.90 Å². The molecule has 190 valence electrons. The molecule has 0 aromatic heterocycles. The lowest BCUT2D eigenvalue weighted by molar-refractivity contribution is -0.0784. The van der Waals surface area contributed by atoms with Crippen molar-refractivity contribution in [2.24, 2.45) is 11.3 Å². The van der Waals surface area contributed by atoms with Crippen LogP contribution in [0.2, 0.25) is 0 Å². The monoisotopic (exact) mass is 514 g/mol. The van der Waals surface area contributed by atoms with Crippen LogP contribution in [0, 0.1) is 23.0 Å². The zero-order valence-corrected chi connectivity index (χ0v) is 22.4. The highest BCUT2D eigenvalue weighted by Crippen LogP contribution is 2.56. The van der Waals surface area contributed by atoms with Crippen molar-refractivity contribution in [1.29, 1.82) is 0 Å². The van der Waals surface area contributed by atoms with E-state index in [9.17, 15) is 8.78 Å². The molecular formula is C27H38Cl2F2N2O. The van der Waals surface area contributed by atoms with Gasteiger partial charge in [0.2, 0.25) is 0 Å². The van der Waals surface area contributed by atoms with Crippen LogP contribution in [0.1, 0.15) is 57.7 Å². The van der Waals surface area contributed by atoms with Gasteiger partial charge in [0.15, 0.2) is 0 Å². The fraction of sp³-hybridized carbons (Fsp3) is 0.556. The molecular weight excluding hydrogens is 477 g/mol. The highest BCUT2D eigenvalue weighted by atomic mass is 35.5. The third-order valence-corrected chi connectivity index (χ3v) is 8.46. The van der Waals surface area contributed by atoms with Crippen molar-refractivity contribution in [3.8, 4) is 0 Å². The van der Waals surface area contributed by atoms with E-state index >= 15 is 0 Å². The molecule has 0 spiro atoms. The van der Waals surface area contributed by atoms with Crippen molar-refractivity contribution in [3.63, 3.8) is 0 Å². The van der Waals surface area contributed by atoms with Crippen molar-refractivity contribution in [2.45, 2.75) is 71.6 Å². The van der Waals surface area contributed by atoms with Crippen LogP contribution in [-0.2, 0) is 23.2 Å². The molecule has 2 aliphatic rings. The van der Waals surface area contributed by atoms with E-state index in [1.165, 1.54) is 29.3 Å². The molecule has 1 fully saturated rings. The molecule has 34 heavy (non-hydrogen) atoms. The maximum atomic E-state index is 14.1. The van der Waals surface area contributed by atoms with Gasteiger partial charge in [-0.2, -0.15) is 0 Å². The first-order valence-electron chi connectivity index (χ1n) is 11.7. The van der Waals surface area contributed by atoms with Gasteiger partial charge >= 0.3 is 0 Å². The Morgan fingerprint density at radius 3 is 2.29 bits per heavy atom. The predicted octanol–water partition coefficient (Wildman–Crippen LogP) is 6.55. The SMILES string of the molecule is CC(C)C(CN1CCC2(C)c3cccc(N)c3CC1C2(C)C)OCc1c(F)cccc1F.Cl.Cl. The predicted molar refractivity (Wildman–Crippen MR) is 140 cm³/mol. The topological polar surface area (TPSA) is 38.5 Å². The Hall–Kier alpha value is -1.40. The first-order valence-corrected chi connectivity index (χ1v) is 11.7. The van der Waals surface area contributed by atoms with Crippen LogP contribution < -0.4 is 5.73 Å². The largest absolute Gasteiger partial charge is 0.398 e. The molecule has 1 saturated heterocycles. The number of hydrogen-bond acceptors (Lipinski definition) is 3. The second kappa shape index (κ2) is 10.7. The number of rotatable bonds is 6. The van der Waals surface area contributed by atoms with E-state index in [4.69, 9.17) is 10.5 Å². The van der Waals surface area contributed by atoms with Crippen LogP contribution >= 0.6 is 24.8 Å². The number of piperidine rings is 1. The zero-order valence-electron chi connectivity index (χ0n) is 20.7. The smallest absolute Gasteiger partial charge is 0.131 e. The summed E-state index contributed by atoms with van der Waals surface area (Å²) in [6.45, 7) is 13.0. The van der Waals surface area contributed by atoms with Gasteiger partial charge in [0, 0.05) is 29.3 Å². The number of halogens is 4. The lowest BCUT2D eigenvalue weighted by atomic mass is 9.51. The van der Waals surface area contributed by atoms with E-state index in [0.29, 0.717) is 6.04 Å². The normalized spacial score (nSPS) is 24.1.